The van der Waals surface area contributed by atoms with Gasteiger partial charge in [-0.25, -0.2) is 4.99 Å². The third-order valence-corrected chi connectivity index (χ3v) is 6.07. The van der Waals surface area contributed by atoms with Gasteiger partial charge in [-0.2, -0.15) is 0 Å². The minimum atomic E-state index is 0.196. The summed E-state index contributed by atoms with van der Waals surface area (Å²) >= 11 is 1.80. The number of hydrogen-bond acceptors (Lipinski definition) is 4. The first-order chi connectivity index (χ1) is 13.3. The number of aliphatic imine (C=N–C) groups is 1. The molecule has 1 aliphatic rings. The molecule has 0 fully saturated rings. The van der Waals surface area contributed by atoms with E-state index >= 15 is 0 Å². The van der Waals surface area contributed by atoms with E-state index in [1.54, 1.807) is 23.9 Å². The Kier molecular flexibility index (Phi) is 3.98. The molecule has 2 heterocycles. The van der Waals surface area contributed by atoms with Crippen LogP contribution in [-0.4, -0.2) is 10.8 Å². The van der Waals surface area contributed by atoms with Crippen LogP contribution in [0.2, 0.25) is 0 Å². The molecule has 0 aliphatic carbocycles. The van der Waals surface area contributed by atoms with Crippen LogP contribution in [-0.2, 0) is 0 Å². The van der Waals surface area contributed by atoms with Crippen molar-refractivity contribution in [2.75, 3.05) is 0 Å². The molecule has 1 aliphatic heterocycles. The van der Waals surface area contributed by atoms with E-state index in [0.29, 0.717) is 0 Å². The smallest absolute Gasteiger partial charge is 0.149 e. The van der Waals surface area contributed by atoms with Crippen molar-refractivity contribution < 1.29 is 9.52 Å². The minimum Gasteiger partial charge on any atom is -0.508 e. The van der Waals surface area contributed by atoms with Crippen molar-refractivity contribution >= 4 is 34.1 Å². The molecule has 0 saturated carbocycles. The molecule has 1 aromatic heterocycles. The maximum Gasteiger partial charge on any atom is 0.149 e. The van der Waals surface area contributed by atoms with Crippen LogP contribution < -0.4 is 0 Å². The molecule has 3 aromatic carbocycles. The van der Waals surface area contributed by atoms with Crippen LogP contribution >= 0.6 is 11.8 Å². The summed E-state index contributed by atoms with van der Waals surface area (Å²) in [6, 6.07) is 25.8. The molecule has 0 amide bonds. The van der Waals surface area contributed by atoms with E-state index in [4.69, 9.17) is 9.41 Å². The zero-order chi connectivity index (χ0) is 18.2. The number of phenolic OH excluding ortho intramolecular Hbond substituents is 1. The molecule has 1 atom stereocenters. The van der Waals surface area contributed by atoms with Crippen molar-refractivity contribution in [3.8, 4) is 5.75 Å². The second-order valence-corrected chi connectivity index (χ2v) is 7.82. The van der Waals surface area contributed by atoms with Crippen LogP contribution in [0.5, 0.6) is 5.75 Å². The fourth-order valence-corrected chi connectivity index (χ4v) is 4.60. The highest BCUT2D eigenvalue weighted by Crippen LogP contribution is 2.45. The first-order valence-electron chi connectivity index (χ1n) is 8.87. The number of fused-ring (bicyclic) bond motifs is 2. The van der Waals surface area contributed by atoms with Crippen LogP contribution in [0.15, 0.2) is 93.2 Å². The van der Waals surface area contributed by atoms with Gasteiger partial charge in [-0.3, -0.25) is 0 Å². The lowest BCUT2D eigenvalue weighted by atomic mass is 10.0. The lowest BCUT2D eigenvalue weighted by Crippen LogP contribution is -2.04. The van der Waals surface area contributed by atoms with E-state index in [-0.39, 0.29) is 11.0 Å². The molecule has 4 aromatic rings. The Bertz CT molecular complexity index is 1110. The van der Waals surface area contributed by atoms with Gasteiger partial charge in [-0.15, -0.1) is 11.8 Å². The number of aromatic hydroxyl groups is 1. The zero-order valence-electron chi connectivity index (χ0n) is 14.5. The summed E-state index contributed by atoms with van der Waals surface area (Å²) in [4.78, 5) is 6.10. The summed E-state index contributed by atoms with van der Waals surface area (Å²) in [6.45, 7) is 0. The minimum absolute atomic E-state index is 0.196. The largest absolute Gasteiger partial charge is 0.508 e. The van der Waals surface area contributed by atoms with Crippen LogP contribution in [0.4, 0.5) is 5.69 Å². The van der Waals surface area contributed by atoms with E-state index in [1.807, 2.05) is 48.5 Å². The molecule has 27 heavy (non-hydrogen) atoms. The van der Waals surface area contributed by atoms with Crippen molar-refractivity contribution in [1.29, 1.82) is 0 Å². The van der Waals surface area contributed by atoms with E-state index in [2.05, 4.69) is 18.2 Å². The number of hydrogen-bond donors (Lipinski definition) is 1. The van der Waals surface area contributed by atoms with Crippen LogP contribution in [0.3, 0.4) is 0 Å². The Balaban J connectivity index is 1.62. The average Bonchev–Trinajstić information content (AvgIpc) is 3.03. The summed E-state index contributed by atoms with van der Waals surface area (Å²) in [5.74, 6) is 1.10. The molecule has 132 valence electrons. The normalized spacial score (nSPS) is 16.6. The molecule has 4 heteroatoms. The molecule has 0 saturated heterocycles. The van der Waals surface area contributed by atoms with Gasteiger partial charge in [0.2, 0.25) is 0 Å². The molecule has 0 spiro atoms. The molecule has 5 rings (SSSR count). The molecule has 1 unspecified atom stereocenters. The van der Waals surface area contributed by atoms with Gasteiger partial charge in [0.15, 0.2) is 0 Å². The molecule has 0 radical (unpaired) electrons. The monoisotopic (exact) mass is 371 g/mol. The number of nitrogens with zero attached hydrogens (tertiary/aromatic N) is 1. The predicted molar refractivity (Wildman–Crippen MR) is 110 cm³/mol. The van der Waals surface area contributed by atoms with Crippen molar-refractivity contribution in [3.05, 3.63) is 90.2 Å². The maximum absolute atomic E-state index is 9.63. The number of benzene rings is 3. The first-order valence-corrected chi connectivity index (χ1v) is 9.75. The summed E-state index contributed by atoms with van der Waals surface area (Å²) in [6.07, 6.45) is 0.754. The van der Waals surface area contributed by atoms with Gasteiger partial charge in [0.1, 0.15) is 17.1 Å². The van der Waals surface area contributed by atoms with Crippen LogP contribution in [0, 0.1) is 0 Å². The fourth-order valence-electron chi connectivity index (χ4n) is 3.37. The van der Waals surface area contributed by atoms with Gasteiger partial charge in [0.05, 0.1) is 11.4 Å². The summed E-state index contributed by atoms with van der Waals surface area (Å²) in [5.41, 5.74) is 3.96. The van der Waals surface area contributed by atoms with Crippen molar-refractivity contribution in [1.82, 2.24) is 0 Å². The Morgan fingerprint density at radius 2 is 1.70 bits per heavy atom. The maximum atomic E-state index is 9.63. The van der Waals surface area contributed by atoms with Gasteiger partial charge < -0.3 is 9.52 Å². The van der Waals surface area contributed by atoms with Crippen molar-refractivity contribution in [2.24, 2.45) is 4.99 Å². The molecular formula is C23H17NO2S. The highest BCUT2D eigenvalue weighted by Gasteiger charge is 2.24. The van der Waals surface area contributed by atoms with Crippen molar-refractivity contribution in [3.63, 3.8) is 0 Å². The lowest BCUT2D eigenvalue weighted by Gasteiger charge is -2.15. The van der Waals surface area contributed by atoms with E-state index in [0.717, 1.165) is 39.4 Å². The van der Waals surface area contributed by atoms with E-state index in [9.17, 15) is 5.11 Å². The Hall–Kier alpha value is -2.98. The first kappa shape index (κ1) is 16.2. The number of rotatable bonds is 2. The summed E-state index contributed by atoms with van der Waals surface area (Å²) < 4.78 is 6.10. The number of phenols is 1. The Morgan fingerprint density at radius 1 is 0.926 bits per heavy atom. The zero-order valence-corrected chi connectivity index (χ0v) is 15.3. The molecule has 1 N–H and O–H groups in total. The molecule has 3 nitrogen and oxygen atoms in total. The summed E-state index contributed by atoms with van der Waals surface area (Å²) in [7, 11) is 0. The van der Waals surface area contributed by atoms with Crippen LogP contribution in [0.25, 0.3) is 11.0 Å². The Labute approximate surface area is 161 Å². The van der Waals surface area contributed by atoms with Gasteiger partial charge in [-0.05, 0) is 42.0 Å². The van der Waals surface area contributed by atoms with Gasteiger partial charge in [0, 0.05) is 22.0 Å². The number of para-hydroxylation sites is 2. The van der Waals surface area contributed by atoms with Gasteiger partial charge in [0.25, 0.3) is 0 Å². The lowest BCUT2D eigenvalue weighted by molar-refractivity contribution is 0.475. The fraction of sp³-hybridized carbons (Fsp3) is 0.0870. The van der Waals surface area contributed by atoms with E-state index in [1.165, 1.54) is 5.56 Å². The van der Waals surface area contributed by atoms with Gasteiger partial charge in [-0.1, -0.05) is 42.5 Å². The second kappa shape index (κ2) is 6.63. The van der Waals surface area contributed by atoms with Crippen molar-refractivity contribution in [2.45, 2.75) is 16.6 Å². The SMILES string of the molecule is Oc1ccc(C2CC(c3cc4ccccc4o3)=Nc3ccccc3S2)cc1. The number of thioether (sulfide) groups is 1. The highest BCUT2D eigenvalue weighted by atomic mass is 32.2. The van der Waals surface area contributed by atoms with E-state index < -0.39 is 0 Å². The quantitative estimate of drug-likeness (QED) is 0.438. The molecular weight excluding hydrogens is 354 g/mol. The average molecular weight is 371 g/mol. The Morgan fingerprint density at radius 3 is 2.56 bits per heavy atom. The van der Waals surface area contributed by atoms with Gasteiger partial charge >= 0.3 is 0 Å². The molecule has 0 bridgehead atoms. The standard InChI is InChI=1S/C23H17NO2S/c25-17-11-9-15(10-12-17)23-14-19(24-18-6-2-4-8-22(18)27-23)21-13-16-5-1-3-7-20(16)26-21/h1-13,23,25H,14H2. The number of furan rings is 1. The third-order valence-electron chi connectivity index (χ3n) is 4.74. The third kappa shape index (κ3) is 3.13. The summed E-state index contributed by atoms with van der Waals surface area (Å²) in [5, 5.41) is 10.9. The van der Waals surface area contributed by atoms with Crippen LogP contribution in [0.1, 0.15) is 23.0 Å². The highest BCUT2D eigenvalue weighted by molar-refractivity contribution is 7.99. The predicted octanol–water partition coefficient (Wildman–Crippen LogP) is 6.50. The second-order valence-electron chi connectivity index (χ2n) is 6.58. The topological polar surface area (TPSA) is 45.7 Å².